The summed E-state index contributed by atoms with van der Waals surface area (Å²) >= 11 is 0. The Labute approximate surface area is 180 Å². The van der Waals surface area contributed by atoms with Gasteiger partial charge in [-0.2, -0.15) is 0 Å². The van der Waals surface area contributed by atoms with Crippen LogP contribution >= 0.6 is 0 Å². The Morgan fingerprint density at radius 2 is 1.53 bits per heavy atom. The van der Waals surface area contributed by atoms with Crippen molar-refractivity contribution in [3.8, 4) is 46.0 Å². The maximum absolute atomic E-state index is 12.4. The molecular weight excluding hydrogens is 424 g/mol. The molecule has 1 aliphatic heterocycles. The molecule has 3 aromatic rings. The van der Waals surface area contributed by atoms with Crippen molar-refractivity contribution in [3.05, 3.63) is 59.2 Å². The lowest BCUT2D eigenvalue weighted by molar-refractivity contribution is 0.0196. The Balaban J connectivity index is 1.62. The molecule has 1 heterocycles. The molecule has 0 saturated heterocycles. The summed E-state index contributed by atoms with van der Waals surface area (Å²) in [7, 11) is 0. The third kappa shape index (κ3) is 3.74. The average Bonchev–Trinajstić information content (AvgIpc) is 2.74. The van der Waals surface area contributed by atoms with Gasteiger partial charge in [0.25, 0.3) is 0 Å². The molecular formula is C22H18O10. The van der Waals surface area contributed by atoms with E-state index in [2.05, 4.69) is 0 Å². The Morgan fingerprint density at radius 3 is 2.19 bits per heavy atom. The van der Waals surface area contributed by atoms with Gasteiger partial charge in [0.2, 0.25) is 0 Å². The molecule has 0 aliphatic carbocycles. The first kappa shape index (κ1) is 20.9. The minimum atomic E-state index is -1.08. The number of fused-ring (bicyclic) bond motifs is 1. The van der Waals surface area contributed by atoms with E-state index in [0.29, 0.717) is 5.56 Å². The predicted molar refractivity (Wildman–Crippen MR) is 107 cm³/mol. The summed E-state index contributed by atoms with van der Waals surface area (Å²) in [6, 6.07) is 8.19. The van der Waals surface area contributed by atoms with Gasteiger partial charge in [0.1, 0.15) is 23.4 Å². The molecule has 0 spiro atoms. The molecule has 2 unspecified atom stereocenters. The molecule has 32 heavy (non-hydrogen) atoms. The van der Waals surface area contributed by atoms with Crippen LogP contribution in [-0.4, -0.2) is 47.8 Å². The van der Waals surface area contributed by atoms with Gasteiger partial charge in [0.05, 0.1) is 11.7 Å². The molecule has 0 saturated carbocycles. The molecule has 166 valence electrons. The zero-order valence-corrected chi connectivity index (χ0v) is 16.3. The molecule has 7 N–H and O–H groups in total. The second kappa shape index (κ2) is 7.75. The molecule has 4 rings (SSSR count). The molecule has 1 aliphatic rings. The summed E-state index contributed by atoms with van der Waals surface area (Å²) in [5.74, 6) is -4.25. The largest absolute Gasteiger partial charge is 0.507 e. The molecule has 0 radical (unpaired) electrons. The van der Waals surface area contributed by atoms with Gasteiger partial charge in [-0.1, -0.05) is 6.07 Å². The van der Waals surface area contributed by atoms with E-state index in [1.54, 1.807) is 0 Å². The summed E-state index contributed by atoms with van der Waals surface area (Å²) in [5.41, 5.74) is 0.385. The van der Waals surface area contributed by atoms with Crippen LogP contribution < -0.4 is 9.47 Å². The van der Waals surface area contributed by atoms with E-state index in [9.17, 15) is 40.5 Å². The third-order valence-electron chi connectivity index (χ3n) is 5.02. The number of rotatable bonds is 3. The number of aromatic hydroxyl groups is 6. The first-order chi connectivity index (χ1) is 15.1. The Bertz CT molecular complexity index is 1200. The minimum Gasteiger partial charge on any atom is -0.507 e. The average molecular weight is 442 g/mol. The fraction of sp³-hybridized carbons (Fsp3) is 0.136. The summed E-state index contributed by atoms with van der Waals surface area (Å²) in [4.78, 5) is 12.4. The molecule has 0 aromatic heterocycles. The van der Waals surface area contributed by atoms with Crippen LogP contribution in [0.2, 0.25) is 0 Å². The Kier molecular flexibility index (Phi) is 5.07. The summed E-state index contributed by atoms with van der Waals surface area (Å²) in [6.45, 7) is 0. The molecule has 2 atom stereocenters. The maximum Gasteiger partial charge on any atom is 0.343 e. The molecule has 10 heteroatoms. The second-order valence-electron chi connectivity index (χ2n) is 7.23. The van der Waals surface area contributed by atoms with Gasteiger partial charge in [-0.15, -0.1) is 0 Å². The van der Waals surface area contributed by atoms with Crippen molar-refractivity contribution < 1.29 is 50.0 Å². The maximum atomic E-state index is 12.4. The van der Waals surface area contributed by atoms with Crippen molar-refractivity contribution in [3.63, 3.8) is 0 Å². The van der Waals surface area contributed by atoms with Crippen molar-refractivity contribution in [2.24, 2.45) is 0 Å². The summed E-state index contributed by atoms with van der Waals surface area (Å²) in [5, 5.41) is 68.5. The topological polar surface area (TPSA) is 177 Å². The third-order valence-corrected chi connectivity index (χ3v) is 5.02. The number of ether oxygens (including phenoxy) is 2. The quantitative estimate of drug-likeness (QED) is 0.181. The van der Waals surface area contributed by atoms with Gasteiger partial charge in [-0.25, -0.2) is 4.79 Å². The van der Waals surface area contributed by atoms with Gasteiger partial charge in [-0.3, -0.25) is 0 Å². The van der Waals surface area contributed by atoms with Gasteiger partial charge < -0.3 is 45.2 Å². The smallest absolute Gasteiger partial charge is 0.343 e. The zero-order valence-electron chi connectivity index (χ0n) is 16.3. The van der Waals surface area contributed by atoms with Crippen LogP contribution in [0, 0.1) is 0 Å². The number of aliphatic hydroxyl groups excluding tert-OH is 1. The first-order valence-corrected chi connectivity index (χ1v) is 9.33. The van der Waals surface area contributed by atoms with Crippen molar-refractivity contribution in [2.75, 3.05) is 0 Å². The number of aliphatic hydroxyl groups is 1. The van der Waals surface area contributed by atoms with E-state index < -0.39 is 41.2 Å². The molecule has 10 nitrogen and oxygen atoms in total. The van der Waals surface area contributed by atoms with Gasteiger partial charge in [0.15, 0.2) is 28.7 Å². The number of hydrogen-bond donors (Lipinski definition) is 7. The first-order valence-electron chi connectivity index (χ1n) is 9.33. The van der Waals surface area contributed by atoms with Crippen LogP contribution in [0.4, 0.5) is 0 Å². The highest BCUT2D eigenvalue weighted by Crippen LogP contribution is 2.43. The van der Waals surface area contributed by atoms with Gasteiger partial charge in [0, 0.05) is 24.1 Å². The van der Waals surface area contributed by atoms with Gasteiger partial charge >= 0.3 is 5.97 Å². The van der Waals surface area contributed by atoms with Crippen LogP contribution in [-0.2, 0) is 6.42 Å². The van der Waals surface area contributed by atoms with Crippen molar-refractivity contribution in [2.45, 2.75) is 18.6 Å². The highest BCUT2D eigenvalue weighted by Gasteiger charge is 2.33. The van der Waals surface area contributed by atoms with E-state index in [4.69, 9.17) is 9.47 Å². The van der Waals surface area contributed by atoms with E-state index in [1.807, 2.05) is 0 Å². The van der Waals surface area contributed by atoms with Gasteiger partial charge in [-0.05, 0) is 29.8 Å². The molecule has 0 bridgehead atoms. The second-order valence-corrected chi connectivity index (χ2v) is 7.23. The lowest BCUT2D eigenvalue weighted by Gasteiger charge is -2.31. The number of phenols is 6. The van der Waals surface area contributed by atoms with Crippen LogP contribution in [0.25, 0.3) is 0 Å². The summed E-state index contributed by atoms with van der Waals surface area (Å²) < 4.78 is 11.0. The lowest BCUT2D eigenvalue weighted by Crippen LogP contribution is -2.30. The van der Waals surface area contributed by atoms with Crippen molar-refractivity contribution in [1.82, 2.24) is 0 Å². The number of carbonyl (C=O) groups is 1. The standard InChI is InChI=1S/C22H18O10/c23-13-2-1-9(3-15(13)25)21-18(28)8-12-14(24)6-11(7-19(12)32-21)31-22(30)10-4-16(26)20(29)17(27)5-10/h1-7,18,21,23-29H,8H2. The van der Waals surface area contributed by atoms with E-state index in [1.165, 1.54) is 24.3 Å². The van der Waals surface area contributed by atoms with E-state index in [0.717, 1.165) is 18.2 Å². The number of esters is 1. The molecule has 0 fully saturated rings. The number of benzene rings is 3. The lowest BCUT2D eigenvalue weighted by atomic mass is 9.94. The summed E-state index contributed by atoms with van der Waals surface area (Å²) in [6.07, 6.45) is -2.01. The SMILES string of the molecule is O=C(Oc1cc(O)c2c(c1)OC(c1ccc(O)c(O)c1)C(O)C2)c1cc(O)c(O)c(O)c1. The normalized spacial score (nSPS) is 17.3. The molecule has 3 aromatic carbocycles. The number of phenolic OH excluding ortho intramolecular Hbond substituents is 6. The number of hydrogen-bond acceptors (Lipinski definition) is 10. The highest BCUT2D eigenvalue weighted by molar-refractivity contribution is 5.92. The van der Waals surface area contributed by atoms with Crippen LogP contribution in [0.5, 0.6) is 46.0 Å². The van der Waals surface area contributed by atoms with Crippen LogP contribution in [0.3, 0.4) is 0 Å². The minimum absolute atomic E-state index is 0.00139. The molecule has 0 amide bonds. The number of carbonyl (C=O) groups excluding carboxylic acids is 1. The monoisotopic (exact) mass is 442 g/mol. The van der Waals surface area contributed by atoms with Crippen molar-refractivity contribution >= 4 is 5.97 Å². The Morgan fingerprint density at radius 1 is 0.844 bits per heavy atom. The predicted octanol–water partition coefficient (Wildman–Crippen LogP) is 2.18. The van der Waals surface area contributed by atoms with Crippen LogP contribution in [0.1, 0.15) is 27.6 Å². The van der Waals surface area contributed by atoms with E-state index in [-0.39, 0.29) is 40.5 Å². The fourth-order valence-electron chi connectivity index (χ4n) is 3.40. The van der Waals surface area contributed by atoms with E-state index >= 15 is 0 Å². The fourth-order valence-corrected chi connectivity index (χ4v) is 3.40. The zero-order chi connectivity index (χ0) is 23.2. The Hall–Kier alpha value is -4.31. The highest BCUT2D eigenvalue weighted by atomic mass is 16.5. The van der Waals surface area contributed by atoms with Crippen LogP contribution in [0.15, 0.2) is 42.5 Å². The van der Waals surface area contributed by atoms with Crippen molar-refractivity contribution in [1.29, 1.82) is 0 Å².